The van der Waals surface area contributed by atoms with Crippen LogP contribution < -0.4 is 5.73 Å². The third-order valence-corrected chi connectivity index (χ3v) is 5.68. The second-order valence-corrected chi connectivity index (χ2v) is 7.17. The number of nitrogens with zero attached hydrogens (tertiary/aromatic N) is 1. The van der Waals surface area contributed by atoms with Crippen molar-refractivity contribution in [2.75, 3.05) is 27.3 Å². The molecule has 7 heteroatoms. The van der Waals surface area contributed by atoms with Crippen LogP contribution in [0.3, 0.4) is 0 Å². The quantitative estimate of drug-likeness (QED) is 0.867. The molecule has 1 aliphatic heterocycles. The van der Waals surface area contributed by atoms with E-state index in [0.29, 0.717) is 13.1 Å². The van der Waals surface area contributed by atoms with Gasteiger partial charge in [-0.15, -0.1) is 0 Å². The van der Waals surface area contributed by atoms with E-state index in [-0.39, 0.29) is 23.1 Å². The number of nitrogens with two attached hydrogens (primary N) is 1. The van der Waals surface area contributed by atoms with Gasteiger partial charge in [0.15, 0.2) is 0 Å². The lowest BCUT2D eigenvalue weighted by atomic mass is 10.1. The molecule has 1 heterocycles. The Morgan fingerprint density at radius 1 is 1.14 bits per heavy atom. The first-order valence-electron chi connectivity index (χ1n) is 6.81. The fraction of sp³-hybridized carbons (Fsp3) is 0.571. The number of benzene rings is 1. The van der Waals surface area contributed by atoms with Crippen LogP contribution in [0.4, 0.5) is 0 Å². The summed E-state index contributed by atoms with van der Waals surface area (Å²) in [6.45, 7) is 2.45. The molecule has 0 aromatic heterocycles. The summed E-state index contributed by atoms with van der Waals surface area (Å²) in [6, 6.07) is 6.56. The normalized spacial score (nSPS) is 25.1. The molecule has 0 aliphatic carbocycles. The van der Waals surface area contributed by atoms with Crippen LogP contribution in [0.5, 0.6) is 0 Å². The van der Waals surface area contributed by atoms with E-state index in [4.69, 9.17) is 15.2 Å². The van der Waals surface area contributed by atoms with Crippen molar-refractivity contribution >= 4 is 10.0 Å². The lowest BCUT2D eigenvalue weighted by molar-refractivity contribution is -0.00461. The highest BCUT2D eigenvalue weighted by atomic mass is 32.2. The topological polar surface area (TPSA) is 81.9 Å². The molecular weight excluding hydrogens is 292 g/mol. The summed E-state index contributed by atoms with van der Waals surface area (Å²) < 4.78 is 37.2. The van der Waals surface area contributed by atoms with Gasteiger partial charge in [0.1, 0.15) is 0 Å². The molecule has 0 bridgehead atoms. The Labute approximate surface area is 125 Å². The van der Waals surface area contributed by atoms with E-state index >= 15 is 0 Å². The van der Waals surface area contributed by atoms with Gasteiger partial charge in [0.05, 0.1) is 17.1 Å². The van der Waals surface area contributed by atoms with Crippen molar-refractivity contribution in [3.8, 4) is 0 Å². The first kappa shape index (κ1) is 16.4. The van der Waals surface area contributed by atoms with Crippen LogP contribution in [0.25, 0.3) is 0 Å². The number of methoxy groups -OCH3 is 2. The second-order valence-electron chi connectivity index (χ2n) is 5.23. The number of rotatable bonds is 5. The van der Waals surface area contributed by atoms with E-state index in [9.17, 15) is 8.42 Å². The van der Waals surface area contributed by atoms with E-state index in [1.54, 1.807) is 38.5 Å². The minimum atomic E-state index is -3.53. The van der Waals surface area contributed by atoms with E-state index in [1.165, 1.54) is 4.31 Å². The van der Waals surface area contributed by atoms with Crippen molar-refractivity contribution in [2.24, 2.45) is 5.73 Å². The third kappa shape index (κ3) is 3.27. The maximum absolute atomic E-state index is 12.6. The molecule has 3 atom stereocenters. The minimum absolute atomic E-state index is 0.121. The van der Waals surface area contributed by atoms with Crippen LogP contribution in [0.2, 0.25) is 0 Å². The van der Waals surface area contributed by atoms with Gasteiger partial charge in [0.2, 0.25) is 10.0 Å². The fourth-order valence-corrected chi connectivity index (χ4v) is 3.92. The van der Waals surface area contributed by atoms with Crippen LogP contribution >= 0.6 is 0 Å². The molecule has 1 aliphatic rings. The Bertz CT molecular complexity index is 559. The monoisotopic (exact) mass is 314 g/mol. The highest BCUT2D eigenvalue weighted by molar-refractivity contribution is 7.89. The van der Waals surface area contributed by atoms with Crippen LogP contribution in [0.1, 0.15) is 18.5 Å². The average Bonchev–Trinajstić information content (AvgIpc) is 2.91. The largest absolute Gasteiger partial charge is 0.377 e. The van der Waals surface area contributed by atoms with Gasteiger partial charge in [-0.25, -0.2) is 8.42 Å². The van der Waals surface area contributed by atoms with Gasteiger partial charge in [-0.3, -0.25) is 0 Å². The zero-order valence-corrected chi connectivity index (χ0v) is 13.3. The number of sulfonamides is 1. The van der Waals surface area contributed by atoms with Crippen molar-refractivity contribution in [3.63, 3.8) is 0 Å². The fourth-order valence-electron chi connectivity index (χ4n) is 2.45. The first-order chi connectivity index (χ1) is 9.90. The predicted molar refractivity (Wildman–Crippen MR) is 79.4 cm³/mol. The van der Waals surface area contributed by atoms with E-state index in [1.807, 2.05) is 6.92 Å². The van der Waals surface area contributed by atoms with Crippen LogP contribution in [0.15, 0.2) is 29.2 Å². The van der Waals surface area contributed by atoms with Gasteiger partial charge in [0, 0.05) is 33.4 Å². The molecule has 21 heavy (non-hydrogen) atoms. The molecule has 0 saturated carbocycles. The summed E-state index contributed by atoms with van der Waals surface area (Å²) in [5.41, 5.74) is 6.68. The molecule has 0 amide bonds. The summed E-state index contributed by atoms with van der Waals surface area (Å²) in [4.78, 5) is 0.263. The van der Waals surface area contributed by atoms with Crippen molar-refractivity contribution in [3.05, 3.63) is 29.8 Å². The van der Waals surface area contributed by atoms with Gasteiger partial charge < -0.3 is 15.2 Å². The molecule has 2 rings (SSSR count). The summed E-state index contributed by atoms with van der Waals surface area (Å²) in [7, 11) is -0.415. The zero-order valence-electron chi connectivity index (χ0n) is 12.5. The Hall–Kier alpha value is -0.990. The summed E-state index contributed by atoms with van der Waals surface area (Å²) in [5.74, 6) is 0. The highest BCUT2D eigenvalue weighted by Crippen LogP contribution is 2.24. The molecule has 1 saturated heterocycles. The first-order valence-corrected chi connectivity index (χ1v) is 8.25. The van der Waals surface area contributed by atoms with Crippen LogP contribution in [-0.2, 0) is 19.5 Å². The lowest BCUT2D eigenvalue weighted by Crippen LogP contribution is -2.30. The molecule has 118 valence electrons. The lowest BCUT2D eigenvalue weighted by Gasteiger charge is -2.16. The van der Waals surface area contributed by atoms with Gasteiger partial charge in [-0.2, -0.15) is 4.31 Å². The molecule has 1 aromatic carbocycles. The zero-order chi connectivity index (χ0) is 15.6. The predicted octanol–water partition coefficient (Wildman–Crippen LogP) is 0.741. The van der Waals surface area contributed by atoms with Crippen LogP contribution in [-0.4, -0.2) is 52.2 Å². The molecule has 1 aromatic rings. The Kier molecular flexibility index (Phi) is 5.00. The molecule has 3 unspecified atom stereocenters. The van der Waals surface area contributed by atoms with Gasteiger partial charge >= 0.3 is 0 Å². The Morgan fingerprint density at radius 2 is 1.62 bits per heavy atom. The standard InChI is InChI=1S/C14H22N2O4S/c1-10(15)11-4-6-12(7-5-11)21(17,18)16-8-13(19-2)14(9-16)20-3/h4-7,10,13-14H,8-9,15H2,1-3H3. The minimum Gasteiger partial charge on any atom is -0.377 e. The molecule has 1 fully saturated rings. The number of ether oxygens (including phenoxy) is 2. The van der Waals surface area contributed by atoms with Crippen molar-refractivity contribution in [1.29, 1.82) is 0 Å². The van der Waals surface area contributed by atoms with Crippen molar-refractivity contribution < 1.29 is 17.9 Å². The third-order valence-electron chi connectivity index (χ3n) is 3.83. The Morgan fingerprint density at radius 3 is 2.00 bits per heavy atom. The average molecular weight is 314 g/mol. The van der Waals surface area contributed by atoms with Crippen molar-refractivity contribution in [1.82, 2.24) is 4.31 Å². The van der Waals surface area contributed by atoms with Gasteiger partial charge in [-0.1, -0.05) is 12.1 Å². The molecule has 0 spiro atoms. The summed E-state index contributed by atoms with van der Waals surface area (Å²) in [6.07, 6.45) is -0.485. The smallest absolute Gasteiger partial charge is 0.243 e. The molecule has 0 radical (unpaired) electrons. The molecule has 2 N–H and O–H groups in total. The van der Waals surface area contributed by atoms with E-state index in [0.717, 1.165) is 5.56 Å². The summed E-state index contributed by atoms with van der Waals surface area (Å²) >= 11 is 0. The maximum Gasteiger partial charge on any atom is 0.243 e. The molecule has 6 nitrogen and oxygen atoms in total. The maximum atomic E-state index is 12.6. The highest BCUT2D eigenvalue weighted by Gasteiger charge is 2.39. The number of hydrogen-bond donors (Lipinski definition) is 1. The van der Waals surface area contributed by atoms with E-state index < -0.39 is 10.0 Å². The van der Waals surface area contributed by atoms with E-state index in [2.05, 4.69) is 0 Å². The SMILES string of the molecule is COC1CN(S(=O)(=O)c2ccc(C(C)N)cc2)CC1OC. The Balaban J connectivity index is 2.22. The second kappa shape index (κ2) is 6.41. The van der Waals surface area contributed by atoms with Gasteiger partial charge in [-0.05, 0) is 24.6 Å². The number of hydrogen-bond acceptors (Lipinski definition) is 5. The van der Waals surface area contributed by atoms with Gasteiger partial charge in [0.25, 0.3) is 0 Å². The van der Waals surface area contributed by atoms with Crippen LogP contribution in [0, 0.1) is 0 Å². The summed E-state index contributed by atoms with van der Waals surface area (Å²) in [5, 5.41) is 0. The van der Waals surface area contributed by atoms with Crippen molar-refractivity contribution in [2.45, 2.75) is 30.1 Å². The molecular formula is C14H22N2O4S.